The van der Waals surface area contributed by atoms with Gasteiger partial charge < -0.3 is 5.73 Å². The smallest absolute Gasteiger partial charge is 0.223 e. The molecule has 0 saturated carbocycles. The van der Waals surface area contributed by atoms with Gasteiger partial charge in [0.15, 0.2) is 0 Å². The van der Waals surface area contributed by atoms with Crippen molar-refractivity contribution >= 4 is 5.91 Å². The highest BCUT2D eigenvalue weighted by Gasteiger charge is 2.40. The summed E-state index contributed by atoms with van der Waals surface area (Å²) in [5.41, 5.74) is 5.06. The lowest BCUT2D eigenvalue weighted by Gasteiger charge is -2.39. The Morgan fingerprint density at radius 1 is 0.941 bits per heavy atom. The molecule has 0 saturated heterocycles. The predicted molar refractivity (Wildman–Crippen MR) is 74.7 cm³/mol. The molecule has 2 heteroatoms. The number of hydrogen-bond donors (Lipinski definition) is 1. The summed E-state index contributed by atoms with van der Waals surface area (Å²) in [5.74, 6) is -0.187. The van der Waals surface area contributed by atoms with Crippen LogP contribution in [0.25, 0.3) is 0 Å². The topological polar surface area (TPSA) is 43.1 Å². The Balaban J connectivity index is 3.98. The normalized spacial score (nSPS) is 12.8. The molecule has 0 aromatic heterocycles. The number of carbonyl (C=O) groups excluding carboxylic acids is 1. The second kappa shape index (κ2) is 7.03. The van der Waals surface area contributed by atoms with Gasteiger partial charge in [-0.05, 0) is 11.8 Å². The lowest BCUT2D eigenvalue weighted by atomic mass is 9.65. The number of carbonyl (C=O) groups is 1. The van der Waals surface area contributed by atoms with Gasteiger partial charge in [-0.1, -0.05) is 73.1 Å². The van der Waals surface area contributed by atoms with E-state index in [1.165, 1.54) is 38.5 Å². The van der Waals surface area contributed by atoms with E-state index >= 15 is 0 Å². The highest BCUT2D eigenvalue weighted by atomic mass is 16.1. The minimum Gasteiger partial charge on any atom is -0.369 e. The van der Waals surface area contributed by atoms with E-state index in [0.29, 0.717) is 0 Å². The number of unbranched alkanes of at least 4 members (excludes halogenated alkanes) is 5. The van der Waals surface area contributed by atoms with Crippen LogP contribution in [0.1, 0.15) is 79.6 Å². The molecule has 0 aromatic carbocycles. The number of rotatable bonds is 9. The minimum atomic E-state index is -0.420. The van der Waals surface area contributed by atoms with Gasteiger partial charge in [0.25, 0.3) is 0 Å². The molecule has 0 atom stereocenters. The maximum absolute atomic E-state index is 11.5. The van der Waals surface area contributed by atoms with E-state index in [0.717, 1.165) is 6.42 Å². The molecule has 102 valence electrons. The van der Waals surface area contributed by atoms with Gasteiger partial charge >= 0.3 is 0 Å². The average Bonchev–Trinajstić information content (AvgIpc) is 2.22. The van der Waals surface area contributed by atoms with Crippen molar-refractivity contribution in [3.63, 3.8) is 0 Å². The molecule has 2 nitrogen and oxygen atoms in total. The summed E-state index contributed by atoms with van der Waals surface area (Å²) in [6.45, 7) is 10.5. The molecule has 0 heterocycles. The number of nitrogens with two attached hydrogens (primary N) is 1. The molecule has 0 aliphatic carbocycles. The van der Waals surface area contributed by atoms with Crippen molar-refractivity contribution in [2.24, 2.45) is 16.6 Å². The van der Waals surface area contributed by atoms with Crippen molar-refractivity contribution < 1.29 is 4.79 Å². The largest absolute Gasteiger partial charge is 0.369 e. The quantitative estimate of drug-likeness (QED) is 0.602. The lowest BCUT2D eigenvalue weighted by Crippen LogP contribution is -2.43. The third-order valence-electron chi connectivity index (χ3n) is 4.46. The van der Waals surface area contributed by atoms with Gasteiger partial charge in [0.05, 0.1) is 0 Å². The van der Waals surface area contributed by atoms with Gasteiger partial charge in [0.1, 0.15) is 0 Å². The Labute approximate surface area is 107 Å². The first kappa shape index (κ1) is 16.5. The van der Waals surface area contributed by atoms with E-state index in [1.807, 2.05) is 13.8 Å². The molecule has 0 spiro atoms. The molecule has 0 radical (unpaired) electrons. The van der Waals surface area contributed by atoms with Crippen LogP contribution in [0.15, 0.2) is 0 Å². The number of amides is 1. The Hall–Kier alpha value is -0.530. The summed E-state index contributed by atoms with van der Waals surface area (Å²) in [6, 6.07) is 0. The van der Waals surface area contributed by atoms with Crippen LogP contribution in [0.3, 0.4) is 0 Å². The van der Waals surface area contributed by atoms with Crippen molar-refractivity contribution in [2.45, 2.75) is 79.6 Å². The molecule has 17 heavy (non-hydrogen) atoms. The van der Waals surface area contributed by atoms with Crippen LogP contribution in [0, 0.1) is 10.8 Å². The van der Waals surface area contributed by atoms with Gasteiger partial charge in [-0.2, -0.15) is 0 Å². The highest BCUT2D eigenvalue weighted by molar-refractivity contribution is 5.80. The maximum atomic E-state index is 11.5. The van der Waals surface area contributed by atoms with Crippen LogP contribution in [0.2, 0.25) is 0 Å². The third kappa shape index (κ3) is 5.10. The van der Waals surface area contributed by atoms with E-state index < -0.39 is 5.41 Å². The Bertz CT molecular complexity index is 231. The zero-order valence-electron chi connectivity index (χ0n) is 12.4. The number of hydrogen-bond acceptors (Lipinski definition) is 1. The Morgan fingerprint density at radius 3 is 1.88 bits per heavy atom. The van der Waals surface area contributed by atoms with Gasteiger partial charge in [-0.25, -0.2) is 0 Å². The summed E-state index contributed by atoms with van der Waals surface area (Å²) < 4.78 is 0. The van der Waals surface area contributed by atoms with E-state index in [-0.39, 0.29) is 11.3 Å². The van der Waals surface area contributed by atoms with Crippen LogP contribution in [-0.4, -0.2) is 5.91 Å². The Morgan fingerprint density at radius 2 is 1.41 bits per heavy atom. The second-order valence-electron chi connectivity index (χ2n) is 6.39. The van der Waals surface area contributed by atoms with Crippen molar-refractivity contribution in [1.29, 1.82) is 0 Å². The molecule has 0 aliphatic rings. The number of primary amides is 1. The summed E-state index contributed by atoms with van der Waals surface area (Å²) in [7, 11) is 0. The fourth-order valence-corrected chi connectivity index (χ4v) is 1.99. The van der Waals surface area contributed by atoms with Gasteiger partial charge in [-0.15, -0.1) is 0 Å². The van der Waals surface area contributed by atoms with Crippen LogP contribution in [0.5, 0.6) is 0 Å². The SMILES string of the molecule is CCCCCCCCC(C)(C)C(C)(C)C(N)=O. The first-order chi connectivity index (χ1) is 7.75. The molecular weight excluding hydrogens is 210 g/mol. The first-order valence-corrected chi connectivity index (χ1v) is 7.05. The van der Waals surface area contributed by atoms with Crippen LogP contribution < -0.4 is 5.73 Å². The van der Waals surface area contributed by atoms with Crippen molar-refractivity contribution in [1.82, 2.24) is 0 Å². The zero-order chi connectivity index (χ0) is 13.5. The standard InChI is InChI=1S/C15H31NO/c1-6-7-8-9-10-11-12-14(2,3)15(4,5)13(16)17/h6-12H2,1-5H3,(H2,16,17). The van der Waals surface area contributed by atoms with Crippen LogP contribution >= 0.6 is 0 Å². The lowest BCUT2D eigenvalue weighted by molar-refractivity contribution is -0.132. The van der Waals surface area contributed by atoms with Gasteiger partial charge in [0.2, 0.25) is 5.91 Å². The van der Waals surface area contributed by atoms with Gasteiger partial charge in [0, 0.05) is 5.41 Å². The second-order valence-corrected chi connectivity index (χ2v) is 6.39. The molecule has 1 amide bonds. The maximum Gasteiger partial charge on any atom is 0.223 e. The third-order valence-corrected chi connectivity index (χ3v) is 4.46. The zero-order valence-corrected chi connectivity index (χ0v) is 12.4. The highest BCUT2D eigenvalue weighted by Crippen LogP contribution is 2.42. The van der Waals surface area contributed by atoms with E-state index in [9.17, 15) is 4.79 Å². The molecule has 0 rings (SSSR count). The van der Waals surface area contributed by atoms with Crippen molar-refractivity contribution in [2.75, 3.05) is 0 Å². The van der Waals surface area contributed by atoms with E-state index in [2.05, 4.69) is 20.8 Å². The summed E-state index contributed by atoms with van der Waals surface area (Å²) in [4.78, 5) is 11.5. The van der Waals surface area contributed by atoms with Crippen molar-refractivity contribution in [3.05, 3.63) is 0 Å². The van der Waals surface area contributed by atoms with Gasteiger partial charge in [-0.3, -0.25) is 4.79 Å². The molecule has 0 fully saturated rings. The minimum absolute atomic E-state index is 0.0103. The van der Waals surface area contributed by atoms with Crippen molar-refractivity contribution in [3.8, 4) is 0 Å². The molecular formula is C15H31NO. The molecule has 0 aromatic rings. The summed E-state index contributed by atoms with van der Waals surface area (Å²) >= 11 is 0. The first-order valence-electron chi connectivity index (χ1n) is 7.05. The molecule has 0 aliphatic heterocycles. The molecule has 2 N–H and O–H groups in total. The fraction of sp³-hybridized carbons (Fsp3) is 0.933. The predicted octanol–water partition coefficient (Wildman–Crippen LogP) is 4.27. The average molecular weight is 241 g/mol. The molecule has 0 bridgehead atoms. The van der Waals surface area contributed by atoms with E-state index in [1.54, 1.807) is 0 Å². The molecule has 0 unspecified atom stereocenters. The van der Waals surface area contributed by atoms with Crippen LogP contribution in [0.4, 0.5) is 0 Å². The Kier molecular flexibility index (Phi) is 6.81. The summed E-state index contributed by atoms with van der Waals surface area (Å²) in [5, 5.41) is 0. The van der Waals surface area contributed by atoms with E-state index in [4.69, 9.17) is 5.73 Å². The monoisotopic (exact) mass is 241 g/mol. The summed E-state index contributed by atoms with van der Waals surface area (Å²) in [6.07, 6.45) is 8.86. The fourth-order valence-electron chi connectivity index (χ4n) is 1.99. The van der Waals surface area contributed by atoms with Crippen LogP contribution in [-0.2, 0) is 4.79 Å².